The Kier molecular flexibility index (Phi) is 4.01. The van der Waals surface area contributed by atoms with Gasteiger partial charge in [-0.2, -0.15) is 0 Å². The van der Waals surface area contributed by atoms with Crippen molar-refractivity contribution < 1.29 is 9.59 Å². The van der Waals surface area contributed by atoms with E-state index in [1.54, 1.807) is 12.1 Å². The van der Waals surface area contributed by atoms with E-state index in [0.717, 1.165) is 31.9 Å². The van der Waals surface area contributed by atoms with E-state index in [9.17, 15) is 9.59 Å². The van der Waals surface area contributed by atoms with Crippen molar-refractivity contribution in [3.05, 3.63) is 24.3 Å². The molecular weight excluding hydrogens is 244 g/mol. The number of amides is 2. The second-order valence-corrected chi connectivity index (χ2v) is 4.66. The van der Waals surface area contributed by atoms with Gasteiger partial charge in [-0.3, -0.25) is 9.59 Å². The highest BCUT2D eigenvalue weighted by atomic mass is 16.2. The fourth-order valence-electron chi connectivity index (χ4n) is 2.01. The summed E-state index contributed by atoms with van der Waals surface area (Å²) in [5.41, 5.74) is 6.57. The lowest BCUT2D eigenvalue weighted by Gasteiger charge is -2.34. The molecule has 6 heteroatoms. The topological polar surface area (TPSA) is 78.7 Å². The Morgan fingerprint density at radius 1 is 1.11 bits per heavy atom. The van der Waals surface area contributed by atoms with Crippen LogP contribution in [0.25, 0.3) is 0 Å². The minimum absolute atomic E-state index is 0.571. The number of rotatable bonds is 2. The lowest BCUT2D eigenvalue weighted by atomic mass is 10.2. The van der Waals surface area contributed by atoms with Crippen LogP contribution < -0.4 is 16.0 Å². The molecule has 1 aromatic rings. The van der Waals surface area contributed by atoms with E-state index in [1.165, 1.54) is 0 Å². The average molecular weight is 262 g/mol. The molecule has 0 bridgehead atoms. The predicted molar refractivity (Wildman–Crippen MR) is 74.0 cm³/mol. The van der Waals surface area contributed by atoms with E-state index >= 15 is 0 Å². The van der Waals surface area contributed by atoms with Gasteiger partial charge in [-0.1, -0.05) is 0 Å². The number of hydrogen-bond donors (Lipinski definition) is 2. The Morgan fingerprint density at radius 2 is 1.68 bits per heavy atom. The Labute approximate surface area is 112 Å². The van der Waals surface area contributed by atoms with Crippen LogP contribution >= 0.6 is 0 Å². The Morgan fingerprint density at radius 3 is 2.21 bits per heavy atom. The monoisotopic (exact) mass is 262 g/mol. The molecule has 2 rings (SSSR count). The van der Waals surface area contributed by atoms with E-state index < -0.39 is 11.8 Å². The van der Waals surface area contributed by atoms with Crippen LogP contribution in [0.2, 0.25) is 0 Å². The number of anilines is 2. The van der Waals surface area contributed by atoms with Crippen LogP contribution in [0.15, 0.2) is 24.3 Å². The molecule has 0 saturated carbocycles. The number of nitrogens with zero attached hydrogens (tertiary/aromatic N) is 2. The molecule has 6 nitrogen and oxygen atoms in total. The minimum Gasteiger partial charge on any atom is -0.369 e. The van der Waals surface area contributed by atoms with Crippen molar-refractivity contribution in [3.8, 4) is 0 Å². The summed E-state index contributed by atoms with van der Waals surface area (Å²) < 4.78 is 0. The molecule has 0 aliphatic carbocycles. The zero-order valence-electron chi connectivity index (χ0n) is 10.9. The first-order chi connectivity index (χ1) is 9.06. The maximum absolute atomic E-state index is 11.1. The Hall–Kier alpha value is -2.08. The molecule has 1 aliphatic rings. The zero-order chi connectivity index (χ0) is 13.8. The lowest BCUT2D eigenvalue weighted by molar-refractivity contribution is -0.134. The molecule has 3 N–H and O–H groups in total. The van der Waals surface area contributed by atoms with Crippen molar-refractivity contribution in [2.24, 2.45) is 5.73 Å². The highest BCUT2D eigenvalue weighted by Gasteiger charge is 2.14. The first-order valence-corrected chi connectivity index (χ1v) is 6.20. The van der Waals surface area contributed by atoms with Crippen LogP contribution in [0.4, 0.5) is 11.4 Å². The third kappa shape index (κ3) is 3.45. The first kappa shape index (κ1) is 13.4. The summed E-state index contributed by atoms with van der Waals surface area (Å²) in [5.74, 6) is -1.78. The minimum atomic E-state index is -0.983. The van der Waals surface area contributed by atoms with Gasteiger partial charge in [0.15, 0.2) is 0 Å². The van der Waals surface area contributed by atoms with Crippen LogP contribution in [0.3, 0.4) is 0 Å². The number of carbonyl (C=O) groups is 2. The van der Waals surface area contributed by atoms with Crippen molar-refractivity contribution in [2.45, 2.75) is 0 Å². The number of likely N-dealkylation sites (N-methyl/N-ethyl adjacent to an activating group) is 1. The van der Waals surface area contributed by atoms with E-state index in [1.807, 2.05) is 12.1 Å². The number of carbonyl (C=O) groups excluding carboxylic acids is 2. The Bertz CT molecular complexity index is 464. The van der Waals surface area contributed by atoms with Gasteiger partial charge in [-0.15, -0.1) is 0 Å². The molecule has 102 valence electrons. The summed E-state index contributed by atoms with van der Waals surface area (Å²) in [7, 11) is 2.11. The smallest absolute Gasteiger partial charge is 0.313 e. The largest absolute Gasteiger partial charge is 0.369 e. The molecule has 0 spiro atoms. The van der Waals surface area contributed by atoms with Gasteiger partial charge in [0.1, 0.15) is 0 Å². The number of nitrogens with one attached hydrogen (secondary N) is 1. The van der Waals surface area contributed by atoms with Crippen LogP contribution in [0.5, 0.6) is 0 Å². The molecule has 2 amide bonds. The molecule has 19 heavy (non-hydrogen) atoms. The van der Waals surface area contributed by atoms with Crippen LogP contribution in [-0.4, -0.2) is 49.9 Å². The molecule has 0 radical (unpaired) electrons. The van der Waals surface area contributed by atoms with Gasteiger partial charge in [0.25, 0.3) is 0 Å². The number of benzene rings is 1. The molecule has 0 unspecified atom stereocenters. The maximum atomic E-state index is 11.1. The SMILES string of the molecule is CN1CCN(c2ccc(NC(=O)C(N)=O)cc2)CC1. The van der Waals surface area contributed by atoms with Crippen molar-refractivity contribution in [3.63, 3.8) is 0 Å². The van der Waals surface area contributed by atoms with Gasteiger partial charge < -0.3 is 20.9 Å². The number of hydrogen-bond acceptors (Lipinski definition) is 4. The molecule has 1 aromatic carbocycles. The third-order valence-electron chi connectivity index (χ3n) is 3.22. The van der Waals surface area contributed by atoms with E-state index in [0.29, 0.717) is 5.69 Å². The van der Waals surface area contributed by atoms with Gasteiger partial charge in [0.2, 0.25) is 0 Å². The van der Waals surface area contributed by atoms with Crippen molar-refractivity contribution in [1.29, 1.82) is 0 Å². The summed E-state index contributed by atoms with van der Waals surface area (Å²) >= 11 is 0. The summed E-state index contributed by atoms with van der Waals surface area (Å²) in [6.07, 6.45) is 0. The normalized spacial score (nSPS) is 16.2. The third-order valence-corrected chi connectivity index (χ3v) is 3.22. The average Bonchev–Trinajstić information content (AvgIpc) is 2.40. The zero-order valence-corrected chi connectivity index (χ0v) is 10.9. The molecule has 0 atom stereocenters. The lowest BCUT2D eigenvalue weighted by Crippen LogP contribution is -2.44. The van der Waals surface area contributed by atoms with E-state index in [2.05, 4.69) is 22.2 Å². The number of nitrogens with two attached hydrogens (primary N) is 1. The van der Waals surface area contributed by atoms with Gasteiger partial charge in [0, 0.05) is 37.6 Å². The number of primary amides is 1. The summed E-state index contributed by atoms with van der Waals surface area (Å²) in [4.78, 5) is 26.4. The van der Waals surface area contributed by atoms with Crippen LogP contribution in [0.1, 0.15) is 0 Å². The second kappa shape index (κ2) is 5.71. The van der Waals surface area contributed by atoms with E-state index in [4.69, 9.17) is 5.73 Å². The second-order valence-electron chi connectivity index (χ2n) is 4.66. The summed E-state index contributed by atoms with van der Waals surface area (Å²) in [6.45, 7) is 4.06. The molecule has 1 aliphatic heterocycles. The Balaban J connectivity index is 1.98. The molecule has 1 fully saturated rings. The number of piperazine rings is 1. The molecule has 1 saturated heterocycles. The van der Waals surface area contributed by atoms with E-state index in [-0.39, 0.29) is 0 Å². The van der Waals surface area contributed by atoms with Gasteiger partial charge in [-0.25, -0.2) is 0 Å². The van der Waals surface area contributed by atoms with Crippen molar-refractivity contribution in [2.75, 3.05) is 43.4 Å². The van der Waals surface area contributed by atoms with Crippen molar-refractivity contribution >= 4 is 23.2 Å². The highest BCUT2D eigenvalue weighted by molar-refractivity contribution is 6.39. The summed E-state index contributed by atoms with van der Waals surface area (Å²) in [5, 5.41) is 2.44. The first-order valence-electron chi connectivity index (χ1n) is 6.20. The summed E-state index contributed by atoms with van der Waals surface area (Å²) in [6, 6.07) is 7.41. The van der Waals surface area contributed by atoms with Gasteiger partial charge in [0.05, 0.1) is 0 Å². The van der Waals surface area contributed by atoms with Gasteiger partial charge in [-0.05, 0) is 31.3 Å². The predicted octanol–water partition coefficient (Wildman–Crippen LogP) is -0.138. The van der Waals surface area contributed by atoms with Crippen LogP contribution in [-0.2, 0) is 9.59 Å². The maximum Gasteiger partial charge on any atom is 0.313 e. The standard InChI is InChI=1S/C13H18N4O2/c1-16-6-8-17(9-7-16)11-4-2-10(3-5-11)15-13(19)12(14)18/h2-5H,6-9H2,1H3,(H2,14,18)(H,15,19). The molecule has 0 aromatic heterocycles. The van der Waals surface area contributed by atoms with Crippen LogP contribution in [0, 0.1) is 0 Å². The fraction of sp³-hybridized carbons (Fsp3) is 0.385. The molecular formula is C13H18N4O2. The van der Waals surface area contributed by atoms with Crippen molar-refractivity contribution in [1.82, 2.24) is 4.90 Å². The quantitative estimate of drug-likeness (QED) is 0.727. The molecule has 1 heterocycles. The fourth-order valence-corrected chi connectivity index (χ4v) is 2.01. The van der Waals surface area contributed by atoms with Gasteiger partial charge >= 0.3 is 11.8 Å². The highest BCUT2D eigenvalue weighted by Crippen LogP contribution is 2.19.